The van der Waals surface area contributed by atoms with E-state index in [1.807, 2.05) is 12.1 Å². The predicted molar refractivity (Wildman–Crippen MR) is 90.0 cm³/mol. The average molecular weight is 351 g/mol. The van der Waals surface area contributed by atoms with Gasteiger partial charge in [-0.3, -0.25) is 4.79 Å². The van der Waals surface area contributed by atoms with E-state index in [9.17, 15) is 4.79 Å². The number of ketones is 1. The predicted octanol–water partition coefficient (Wildman–Crippen LogP) is 5.43. The lowest BCUT2D eigenvalue weighted by Gasteiger charge is -2.14. The maximum atomic E-state index is 12.8. The molecular weight excluding hydrogens is 332 g/mol. The van der Waals surface area contributed by atoms with Crippen molar-refractivity contribution >= 4 is 33.0 Å². The summed E-state index contributed by atoms with van der Waals surface area (Å²) in [5.41, 5.74) is 4.59. The molecule has 2 rings (SSSR count). The Morgan fingerprint density at radius 1 is 1.05 bits per heavy atom. The van der Waals surface area contributed by atoms with Crippen molar-refractivity contribution in [2.75, 3.05) is 0 Å². The highest BCUT2D eigenvalue weighted by atomic mass is 79.9. The van der Waals surface area contributed by atoms with Gasteiger partial charge in [0.2, 0.25) is 5.78 Å². The van der Waals surface area contributed by atoms with E-state index in [1.165, 1.54) is 28.0 Å². The molecule has 3 heteroatoms. The van der Waals surface area contributed by atoms with Gasteiger partial charge in [-0.05, 0) is 64.0 Å². The van der Waals surface area contributed by atoms with E-state index < -0.39 is 0 Å². The Labute approximate surface area is 133 Å². The topological polar surface area (TPSA) is 17.1 Å². The smallest absolute Gasteiger partial charge is 0.203 e. The molecule has 0 aliphatic heterocycles. The van der Waals surface area contributed by atoms with Crippen molar-refractivity contribution in [3.8, 4) is 0 Å². The summed E-state index contributed by atoms with van der Waals surface area (Å²) in [6, 6.07) is 8.23. The number of benzene rings is 1. The van der Waals surface area contributed by atoms with Gasteiger partial charge in [-0.25, -0.2) is 0 Å². The summed E-state index contributed by atoms with van der Waals surface area (Å²) in [4.78, 5) is 13.6. The van der Waals surface area contributed by atoms with Crippen molar-refractivity contribution in [3.63, 3.8) is 0 Å². The van der Waals surface area contributed by atoms with Crippen molar-refractivity contribution in [3.05, 3.63) is 55.2 Å². The molecule has 0 amide bonds. The number of hydrogen-bond donors (Lipinski definition) is 0. The molecule has 0 saturated heterocycles. The molecule has 20 heavy (non-hydrogen) atoms. The molecule has 0 spiro atoms. The van der Waals surface area contributed by atoms with Crippen molar-refractivity contribution < 1.29 is 4.79 Å². The van der Waals surface area contributed by atoms with Crippen molar-refractivity contribution in [2.24, 2.45) is 0 Å². The van der Waals surface area contributed by atoms with Crippen LogP contribution in [0.4, 0.5) is 0 Å². The van der Waals surface area contributed by atoms with Gasteiger partial charge in [0.1, 0.15) is 0 Å². The van der Waals surface area contributed by atoms with Crippen LogP contribution in [0.15, 0.2) is 28.1 Å². The summed E-state index contributed by atoms with van der Waals surface area (Å²) in [5, 5.41) is 0. The molecule has 106 valence electrons. The fourth-order valence-corrected chi connectivity index (χ4v) is 3.79. The van der Waals surface area contributed by atoms with E-state index in [2.05, 4.69) is 48.8 Å². The molecule has 0 bridgehead atoms. The lowest BCUT2D eigenvalue weighted by molar-refractivity contribution is 0.104. The number of rotatable bonds is 5. The number of hydrogen-bond acceptors (Lipinski definition) is 2. The first-order chi connectivity index (χ1) is 9.60. The van der Waals surface area contributed by atoms with Crippen LogP contribution in [0.5, 0.6) is 0 Å². The van der Waals surface area contributed by atoms with E-state index in [0.29, 0.717) is 0 Å². The first-order valence-electron chi connectivity index (χ1n) is 7.05. The lowest BCUT2D eigenvalue weighted by Crippen LogP contribution is -2.09. The second-order valence-corrected chi connectivity index (χ2v) is 7.25. The van der Waals surface area contributed by atoms with Crippen LogP contribution in [0.25, 0.3) is 0 Å². The third-order valence-corrected chi connectivity index (χ3v) is 5.18. The second kappa shape index (κ2) is 6.68. The van der Waals surface area contributed by atoms with Gasteiger partial charge in [0.05, 0.1) is 8.66 Å². The van der Waals surface area contributed by atoms with Crippen LogP contribution in [0.3, 0.4) is 0 Å². The molecule has 1 nitrogen and oxygen atoms in total. The van der Waals surface area contributed by atoms with E-state index >= 15 is 0 Å². The first kappa shape index (κ1) is 15.5. The zero-order chi connectivity index (χ0) is 14.7. The van der Waals surface area contributed by atoms with Crippen LogP contribution in [-0.2, 0) is 19.3 Å². The minimum atomic E-state index is 0.164. The summed E-state index contributed by atoms with van der Waals surface area (Å²) in [6.07, 6.45) is 2.81. The molecular formula is C17H19BrOS. The van der Waals surface area contributed by atoms with Crippen LogP contribution in [-0.4, -0.2) is 5.78 Å². The molecule has 1 aromatic carbocycles. The molecule has 0 aliphatic rings. The van der Waals surface area contributed by atoms with Crippen molar-refractivity contribution in [1.82, 2.24) is 0 Å². The summed E-state index contributed by atoms with van der Waals surface area (Å²) in [5.74, 6) is 0.164. The Hall–Kier alpha value is -0.930. The van der Waals surface area contributed by atoms with Gasteiger partial charge in [-0.15, -0.1) is 11.3 Å². The van der Waals surface area contributed by atoms with Crippen LogP contribution >= 0.6 is 27.3 Å². The molecule has 0 radical (unpaired) electrons. The standard InChI is InChI=1S/C17H19BrOS/c1-4-11-9-12(5-2)16(13(6-3)10-11)17(19)14-7-8-15(18)20-14/h7-10H,4-6H2,1-3H3. The normalized spacial score (nSPS) is 10.8. The van der Waals surface area contributed by atoms with E-state index in [4.69, 9.17) is 0 Å². The Bertz CT molecular complexity index is 603. The highest BCUT2D eigenvalue weighted by Crippen LogP contribution is 2.28. The number of thiophene rings is 1. The van der Waals surface area contributed by atoms with Crippen molar-refractivity contribution in [1.29, 1.82) is 0 Å². The molecule has 0 saturated carbocycles. The van der Waals surface area contributed by atoms with E-state index in [-0.39, 0.29) is 5.78 Å². The number of halogens is 1. The summed E-state index contributed by atoms with van der Waals surface area (Å²) < 4.78 is 1.00. The Morgan fingerprint density at radius 3 is 2.05 bits per heavy atom. The van der Waals surface area contributed by atoms with E-state index in [1.54, 1.807) is 0 Å². The molecule has 0 atom stereocenters. The molecule has 1 aromatic heterocycles. The van der Waals surface area contributed by atoms with Gasteiger partial charge in [0.25, 0.3) is 0 Å². The third-order valence-electron chi connectivity index (χ3n) is 3.56. The van der Waals surface area contributed by atoms with Gasteiger partial charge in [0.15, 0.2) is 0 Å². The molecule has 2 aromatic rings. The molecule has 1 heterocycles. The zero-order valence-electron chi connectivity index (χ0n) is 12.1. The lowest BCUT2D eigenvalue weighted by atomic mass is 9.91. The van der Waals surface area contributed by atoms with Crippen LogP contribution in [0.1, 0.15) is 52.7 Å². The SMILES string of the molecule is CCc1cc(CC)c(C(=O)c2ccc(Br)s2)c(CC)c1. The number of carbonyl (C=O) groups is 1. The zero-order valence-corrected chi connectivity index (χ0v) is 14.5. The van der Waals surface area contributed by atoms with E-state index in [0.717, 1.165) is 33.5 Å². The Kier molecular flexibility index (Phi) is 5.17. The number of carbonyl (C=O) groups excluding carboxylic acids is 1. The van der Waals surface area contributed by atoms with Gasteiger partial charge in [-0.1, -0.05) is 32.9 Å². The van der Waals surface area contributed by atoms with Crippen LogP contribution in [0.2, 0.25) is 0 Å². The summed E-state index contributed by atoms with van der Waals surface area (Å²) in [6.45, 7) is 6.40. The third kappa shape index (κ3) is 3.04. The average Bonchev–Trinajstić information content (AvgIpc) is 2.91. The molecule has 0 unspecified atom stereocenters. The highest BCUT2D eigenvalue weighted by molar-refractivity contribution is 9.11. The largest absolute Gasteiger partial charge is 0.288 e. The van der Waals surface area contributed by atoms with Gasteiger partial charge in [-0.2, -0.15) is 0 Å². The van der Waals surface area contributed by atoms with Gasteiger partial charge >= 0.3 is 0 Å². The number of aryl methyl sites for hydroxylation is 3. The quantitative estimate of drug-likeness (QED) is 0.657. The Morgan fingerprint density at radius 2 is 1.65 bits per heavy atom. The van der Waals surface area contributed by atoms with Gasteiger partial charge in [0, 0.05) is 5.56 Å². The minimum absolute atomic E-state index is 0.164. The summed E-state index contributed by atoms with van der Waals surface area (Å²) in [7, 11) is 0. The fourth-order valence-electron chi connectivity index (χ4n) is 2.45. The highest BCUT2D eigenvalue weighted by Gasteiger charge is 2.19. The van der Waals surface area contributed by atoms with Crippen LogP contribution in [0, 0.1) is 0 Å². The monoisotopic (exact) mass is 350 g/mol. The van der Waals surface area contributed by atoms with Crippen LogP contribution < -0.4 is 0 Å². The summed E-state index contributed by atoms with van der Waals surface area (Å²) >= 11 is 4.94. The molecule has 0 N–H and O–H groups in total. The second-order valence-electron chi connectivity index (χ2n) is 4.78. The van der Waals surface area contributed by atoms with Crippen molar-refractivity contribution in [2.45, 2.75) is 40.0 Å². The molecule has 0 aliphatic carbocycles. The minimum Gasteiger partial charge on any atom is -0.288 e. The molecule has 0 fully saturated rings. The fraction of sp³-hybridized carbons (Fsp3) is 0.353. The maximum Gasteiger partial charge on any atom is 0.203 e. The first-order valence-corrected chi connectivity index (χ1v) is 8.66. The maximum absolute atomic E-state index is 12.8. The van der Waals surface area contributed by atoms with Gasteiger partial charge < -0.3 is 0 Å². The Balaban J connectivity index is 2.56.